The van der Waals surface area contributed by atoms with E-state index < -0.39 is 65.6 Å². The fraction of sp³-hybridized carbons (Fsp3) is 0.709. The van der Waals surface area contributed by atoms with Crippen molar-refractivity contribution in [1.29, 1.82) is 0 Å². The Bertz CT molecular complexity index is 3720. The SMILES string of the molecule is CC(C)(C)OC(=O)N1CCC(C(=O)N[C@H](CN2CCCC2)[C@H](O)c2ccc3c(c2)OCCO3)C1.CC(C)(C)OC(=O)N1CCC(C(=O)O)C1.O=C(N[C@H](CN1CCCC1)[C@H](O)c1ccc2c(c1)OCCO2)C1CCN(C2CCCCC2)C1.O=C(N[C@H](CN1CCCC1)[C@H](O)c1ccc2c(c1)OCCO2)C1CCNC1.O=C(O)C1CCNC1. The van der Waals surface area contributed by atoms with Gasteiger partial charge in [-0.05, 0) is 237 Å². The molecule has 0 aromatic heterocycles. The fourth-order valence-corrected chi connectivity index (χ4v) is 17.2. The lowest BCUT2D eigenvalue weighted by atomic mass is 9.94. The standard InChI is InChI=1S/C26H39N3O4.C25H37N3O6.C20H29N3O4.C10H17NO4.C5H9NO2/c30-25(19-8-9-23-24(16-19)33-15-14-32-23)22(18-28-11-4-5-12-28)27-26(31)20-10-13-29(17-20)21-6-2-1-3-7-21;1-25(2,3)34-24(31)28-11-8-18(15-28)23(30)26-19(16-27-9-4-5-10-27)22(29)17-6-7-20-21(14-17)33-13-12-32-20;24-19(14-3-4-17-18(11-14)27-10-9-26-17)16(13-23-7-1-2-8-23)22-20(25)15-5-6-21-12-15;1-10(2,3)15-9(14)11-5-4-7(6-11)8(12)13;7-5(8)4-1-2-6-3-4/h8-9,16,20-22,25,30H,1-7,10-15,17-18H2,(H,27,31);6-7,14,18-19,22,29H,4-5,8-13,15-16H2,1-3H3,(H,26,30);3-4,11,15-16,19,21,24H,1-2,5-10,12-13H2,(H,22,25);7H,4-6H2,1-3H3,(H,12,13);4,6H,1-3H2,(H,7,8)/t20?,22-,25-;18?,19-,22-;15?,16-,19-;;/m111../s1. The second kappa shape index (κ2) is 43.3. The van der Waals surface area contributed by atoms with Crippen LogP contribution in [0.4, 0.5) is 9.59 Å². The lowest BCUT2D eigenvalue weighted by molar-refractivity contribution is -0.142. The maximum absolute atomic E-state index is 13.3. The van der Waals surface area contributed by atoms with Crippen molar-refractivity contribution >= 4 is 41.8 Å². The average Bonchev–Trinajstić information content (AvgIpc) is 1.36. The molecule has 31 nitrogen and oxygen atoms in total. The summed E-state index contributed by atoms with van der Waals surface area (Å²) in [5, 5.41) is 66.5. The van der Waals surface area contributed by atoms with Gasteiger partial charge in [-0.3, -0.25) is 28.9 Å². The maximum atomic E-state index is 13.3. The van der Waals surface area contributed by atoms with Crippen LogP contribution in [-0.2, 0) is 33.4 Å². The lowest BCUT2D eigenvalue weighted by Crippen LogP contribution is -2.49. The average molecular weight is 1640 g/mol. The number of carbonyl (C=O) groups excluding carboxylic acids is 5. The number of carbonyl (C=O) groups is 7. The lowest BCUT2D eigenvalue weighted by Gasteiger charge is -2.32. The number of aliphatic hydroxyl groups excluding tert-OH is 3. The molecule has 0 bridgehead atoms. The number of aliphatic carboxylic acids is 2. The molecule has 0 spiro atoms. The van der Waals surface area contributed by atoms with Gasteiger partial charge in [0.15, 0.2) is 34.5 Å². The number of carboxylic acid groups (broad SMARTS) is 2. The van der Waals surface area contributed by atoms with Crippen LogP contribution in [-0.4, -0.2) is 296 Å². The van der Waals surface area contributed by atoms with Crippen LogP contribution in [0.3, 0.4) is 0 Å². The zero-order valence-electron chi connectivity index (χ0n) is 69.7. The van der Waals surface area contributed by atoms with Crippen LogP contribution in [0.2, 0.25) is 0 Å². The van der Waals surface area contributed by atoms with Crippen LogP contribution in [0.25, 0.3) is 0 Å². The predicted molar refractivity (Wildman–Crippen MR) is 436 cm³/mol. The van der Waals surface area contributed by atoms with E-state index >= 15 is 0 Å². The molecule has 0 radical (unpaired) electrons. The van der Waals surface area contributed by atoms with Crippen molar-refractivity contribution in [2.45, 2.75) is 198 Å². The van der Waals surface area contributed by atoms with Gasteiger partial charge in [-0.25, -0.2) is 9.59 Å². The highest BCUT2D eigenvalue weighted by Gasteiger charge is 2.40. The van der Waals surface area contributed by atoms with Crippen LogP contribution in [0.5, 0.6) is 34.5 Å². The minimum absolute atomic E-state index is 0.0143. The molecular formula is C86H131N11O20. The number of rotatable bonds is 21. The summed E-state index contributed by atoms with van der Waals surface area (Å²) >= 11 is 0. The first-order valence-electron chi connectivity index (χ1n) is 43.1. The van der Waals surface area contributed by atoms with Crippen molar-refractivity contribution in [3.05, 3.63) is 71.3 Å². The van der Waals surface area contributed by atoms with E-state index in [-0.39, 0.29) is 60.0 Å². The van der Waals surface area contributed by atoms with E-state index in [4.69, 9.17) is 48.1 Å². The molecule has 11 aliphatic heterocycles. The predicted octanol–water partition coefficient (Wildman–Crippen LogP) is 6.75. The van der Waals surface area contributed by atoms with Gasteiger partial charge in [0.25, 0.3) is 0 Å². The van der Waals surface area contributed by atoms with Gasteiger partial charge in [0.2, 0.25) is 17.7 Å². The molecule has 8 saturated heterocycles. The van der Waals surface area contributed by atoms with Crippen molar-refractivity contribution < 1.29 is 97.0 Å². The molecule has 1 saturated carbocycles. The number of ether oxygens (including phenoxy) is 8. The minimum atomic E-state index is -0.899. The van der Waals surface area contributed by atoms with E-state index in [1.54, 1.807) is 37.8 Å². The van der Waals surface area contributed by atoms with E-state index in [9.17, 15) is 48.9 Å². The highest BCUT2D eigenvalue weighted by molar-refractivity contribution is 5.82. The Hall–Kier alpha value is -8.01. The molecular weight excluding hydrogens is 1510 g/mol. The van der Waals surface area contributed by atoms with E-state index in [1.807, 2.05) is 63.2 Å². The smallest absolute Gasteiger partial charge is 0.410 e. The first-order valence-corrected chi connectivity index (χ1v) is 43.1. The van der Waals surface area contributed by atoms with Gasteiger partial charge < -0.3 is 115 Å². The number of benzene rings is 3. The van der Waals surface area contributed by atoms with Crippen LogP contribution in [0, 0.1) is 29.6 Å². The van der Waals surface area contributed by atoms with Crippen molar-refractivity contribution in [2.75, 3.05) is 164 Å². The molecule has 3 aromatic rings. The number of nitrogens with zero attached hydrogens (tertiary/aromatic N) is 6. The van der Waals surface area contributed by atoms with Crippen molar-refractivity contribution in [2.24, 2.45) is 29.6 Å². The highest BCUT2D eigenvalue weighted by atomic mass is 16.6. The number of nitrogens with one attached hydrogen (secondary N) is 5. The van der Waals surface area contributed by atoms with Crippen molar-refractivity contribution in [1.82, 2.24) is 56.0 Å². The van der Waals surface area contributed by atoms with Gasteiger partial charge in [0, 0.05) is 71.5 Å². The largest absolute Gasteiger partial charge is 0.486 e. The summed E-state index contributed by atoms with van der Waals surface area (Å²) in [4.78, 5) is 96.5. The number of hydrogen-bond donors (Lipinski definition) is 10. The first kappa shape index (κ1) is 89.8. The Kier molecular flexibility index (Phi) is 33.2. The molecule has 650 valence electrons. The zero-order chi connectivity index (χ0) is 83.2. The third kappa shape index (κ3) is 27.0. The Morgan fingerprint density at radius 1 is 0.402 bits per heavy atom. The molecule has 3 aromatic carbocycles. The summed E-state index contributed by atoms with van der Waals surface area (Å²) in [6, 6.07) is 16.0. The number of hydrogen-bond acceptors (Lipinski definition) is 24. The highest BCUT2D eigenvalue weighted by Crippen LogP contribution is 2.38. The monoisotopic (exact) mass is 1640 g/mol. The normalized spacial score (nSPS) is 24.3. The third-order valence-electron chi connectivity index (χ3n) is 23.7. The Labute approximate surface area is 689 Å². The number of fused-ring (bicyclic) bond motifs is 3. The van der Waals surface area contributed by atoms with Crippen LogP contribution in [0.15, 0.2) is 54.6 Å². The number of amides is 5. The maximum Gasteiger partial charge on any atom is 0.410 e. The van der Waals surface area contributed by atoms with Crippen LogP contribution >= 0.6 is 0 Å². The minimum Gasteiger partial charge on any atom is -0.486 e. The summed E-state index contributed by atoms with van der Waals surface area (Å²) in [6.07, 6.45) is 13.8. The van der Waals surface area contributed by atoms with Gasteiger partial charge >= 0.3 is 24.1 Å². The summed E-state index contributed by atoms with van der Waals surface area (Å²) in [5.41, 5.74) is 1.08. The zero-order valence-corrected chi connectivity index (χ0v) is 69.7. The molecule has 15 rings (SSSR count). The Balaban J connectivity index is 0.000000152. The summed E-state index contributed by atoms with van der Waals surface area (Å²) in [6.45, 7) is 28.3. The van der Waals surface area contributed by atoms with Crippen molar-refractivity contribution in [3.8, 4) is 34.5 Å². The van der Waals surface area contributed by atoms with Crippen molar-refractivity contribution in [3.63, 3.8) is 0 Å². The van der Waals surface area contributed by atoms with Gasteiger partial charge in [-0.2, -0.15) is 0 Å². The number of aliphatic hydroxyl groups is 3. The van der Waals surface area contributed by atoms with Crippen LogP contribution < -0.4 is 55.0 Å². The topological polar surface area (TPSA) is 374 Å². The molecule has 9 fully saturated rings. The van der Waals surface area contributed by atoms with Gasteiger partial charge in [0.1, 0.15) is 69.2 Å². The molecule has 11 atom stereocenters. The summed E-state index contributed by atoms with van der Waals surface area (Å²) in [7, 11) is 0. The van der Waals surface area contributed by atoms with Gasteiger partial charge in [0.05, 0.1) is 47.7 Å². The summed E-state index contributed by atoms with van der Waals surface area (Å²) < 4.78 is 44.4. The third-order valence-corrected chi connectivity index (χ3v) is 23.7. The number of likely N-dealkylation sites (tertiary alicyclic amines) is 6. The Morgan fingerprint density at radius 2 is 0.735 bits per heavy atom. The molecule has 1 aliphatic carbocycles. The molecule has 117 heavy (non-hydrogen) atoms. The fourth-order valence-electron chi connectivity index (χ4n) is 17.2. The van der Waals surface area contributed by atoms with Gasteiger partial charge in [-0.15, -0.1) is 0 Å². The second-order valence-corrected chi connectivity index (χ2v) is 35.1. The van der Waals surface area contributed by atoms with E-state index in [0.717, 1.165) is 109 Å². The molecule has 5 amide bonds. The molecule has 12 aliphatic rings. The van der Waals surface area contributed by atoms with E-state index in [2.05, 4.69) is 46.2 Å². The first-order chi connectivity index (χ1) is 56.2. The molecule has 11 heterocycles. The van der Waals surface area contributed by atoms with Gasteiger partial charge in [-0.1, -0.05) is 37.5 Å². The second-order valence-electron chi connectivity index (χ2n) is 35.1. The summed E-state index contributed by atoms with van der Waals surface area (Å²) in [5.74, 6) is 1.56. The molecule has 10 N–H and O–H groups in total. The number of carboxylic acids is 2. The Morgan fingerprint density at radius 3 is 1.08 bits per heavy atom. The van der Waals surface area contributed by atoms with E-state index in [0.29, 0.717) is 151 Å². The molecule has 31 heteroatoms. The van der Waals surface area contributed by atoms with Crippen LogP contribution in [0.1, 0.15) is 179 Å². The van der Waals surface area contributed by atoms with E-state index in [1.165, 1.54) is 62.7 Å². The quantitative estimate of drug-likeness (QED) is 0.0527. The molecule has 5 unspecified atom stereocenters.